The van der Waals surface area contributed by atoms with E-state index in [-0.39, 0.29) is 12.8 Å². The largest absolute Gasteiger partial charge is 0.481 e. The van der Waals surface area contributed by atoms with Crippen molar-refractivity contribution in [2.75, 3.05) is 5.32 Å². The third kappa shape index (κ3) is 7.57. The second-order valence-corrected chi connectivity index (χ2v) is 7.38. The van der Waals surface area contributed by atoms with Crippen LogP contribution in [0.15, 0.2) is 42.5 Å². The number of halogens is 2. The predicted molar refractivity (Wildman–Crippen MR) is 116 cm³/mol. The minimum absolute atomic E-state index is 0.0857. The molecule has 9 heteroatoms. The number of benzene rings is 2. The summed E-state index contributed by atoms with van der Waals surface area (Å²) in [5.74, 6) is -0.813. The van der Waals surface area contributed by atoms with Gasteiger partial charge in [-0.05, 0) is 49.2 Å². The zero-order valence-corrected chi connectivity index (χ0v) is 18.1. The molecule has 0 bridgehead atoms. The fourth-order valence-corrected chi connectivity index (χ4v) is 2.94. The van der Waals surface area contributed by atoms with Crippen molar-refractivity contribution >= 4 is 46.6 Å². The molecule has 0 aromatic heterocycles. The predicted octanol–water partition coefficient (Wildman–Crippen LogP) is 4.03. The van der Waals surface area contributed by atoms with E-state index in [0.29, 0.717) is 27.9 Å². The third-order valence-corrected chi connectivity index (χ3v) is 4.59. The maximum Gasteiger partial charge on any atom is 0.279 e. The molecule has 0 saturated carbocycles. The topological polar surface area (TPSA) is 96.5 Å². The summed E-state index contributed by atoms with van der Waals surface area (Å²) >= 11 is 11.8. The Morgan fingerprint density at radius 1 is 1.00 bits per heavy atom. The maximum atomic E-state index is 12.3. The number of ether oxygens (including phenoxy) is 1. The van der Waals surface area contributed by atoms with Crippen molar-refractivity contribution in [3.63, 3.8) is 0 Å². The zero-order valence-electron chi connectivity index (χ0n) is 16.6. The smallest absolute Gasteiger partial charge is 0.279 e. The first-order chi connectivity index (χ1) is 14.3. The Morgan fingerprint density at radius 3 is 2.40 bits per heavy atom. The van der Waals surface area contributed by atoms with E-state index in [1.165, 1.54) is 6.07 Å². The van der Waals surface area contributed by atoms with Crippen LogP contribution >= 0.6 is 23.2 Å². The first-order valence-electron chi connectivity index (χ1n) is 9.35. The van der Waals surface area contributed by atoms with Gasteiger partial charge in [0.05, 0.1) is 10.7 Å². The molecule has 0 heterocycles. The van der Waals surface area contributed by atoms with Gasteiger partial charge in [-0.1, -0.05) is 42.3 Å². The van der Waals surface area contributed by atoms with E-state index in [0.717, 1.165) is 5.56 Å². The fourth-order valence-electron chi connectivity index (χ4n) is 2.48. The van der Waals surface area contributed by atoms with Crippen molar-refractivity contribution < 1.29 is 19.1 Å². The molecule has 160 valence electrons. The Hall–Kier alpha value is -2.77. The Labute approximate surface area is 185 Å². The van der Waals surface area contributed by atoms with Gasteiger partial charge in [-0.15, -0.1) is 0 Å². The molecule has 0 saturated heterocycles. The van der Waals surface area contributed by atoms with Crippen LogP contribution in [0.25, 0.3) is 0 Å². The lowest BCUT2D eigenvalue weighted by Gasteiger charge is -2.17. The maximum absolute atomic E-state index is 12.3. The van der Waals surface area contributed by atoms with Crippen molar-refractivity contribution in [1.29, 1.82) is 0 Å². The number of nitrogens with one attached hydrogen (secondary N) is 3. The second kappa shape index (κ2) is 11.4. The molecule has 3 amide bonds. The molecule has 0 aliphatic rings. The normalized spacial score (nSPS) is 11.3. The van der Waals surface area contributed by atoms with Crippen LogP contribution in [-0.2, 0) is 14.4 Å². The number of hydrogen-bond acceptors (Lipinski definition) is 4. The molecule has 0 aliphatic heterocycles. The van der Waals surface area contributed by atoms with Gasteiger partial charge in [0.15, 0.2) is 6.10 Å². The quantitative estimate of drug-likeness (QED) is 0.527. The van der Waals surface area contributed by atoms with E-state index in [4.69, 9.17) is 27.9 Å². The SMILES string of the molecule is CCC(Oc1cccc(C)c1)C(=O)NNC(=O)CCC(=O)Nc1ccc(Cl)cc1Cl. The lowest BCUT2D eigenvalue weighted by Crippen LogP contribution is -2.48. The monoisotopic (exact) mass is 451 g/mol. The highest BCUT2D eigenvalue weighted by Crippen LogP contribution is 2.25. The number of amides is 3. The number of carbonyl (C=O) groups is 3. The van der Waals surface area contributed by atoms with Crippen molar-refractivity contribution in [3.8, 4) is 5.75 Å². The first-order valence-corrected chi connectivity index (χ1v) is 10.1. The highest BCUT2D eigenvalue weighted by Gasteiger charge is 2.19. The van der Waals surface area contributed by atoms with Crippen LogP contribution in [0.5, 0.6) is 5.75 Å². The molecule has 0 spiro atoms. The van der Waals surface area contributed by atoms with Crippen LogP contribution in [0.2, 0.25) is 10.0 Å². The highest BCUT2D eigenvalue weighted by atomic mass is 35.5. The van der Waals surface area contributed by atoms with Crippen molar-refractivity contribution in [1.82, 2.24) is 10.9 Å². The zero-order chi connectivity index (χ0) is 22.1. The molecule has 1 unspecified atom stereocenters. The molecule has 2 aromatic carbocycles. The van der Waals surface area contributed by atoms with Gasteiger partial charge in [-0.25, -0.2) is 0 Å². The summed E-state index contributed by atoms with van der Waals surface area (Å²) in [6, 6.07) is 12.0. The number of carbonyl (C=O) groups excluding carboxylic acids is 3. The molecule has 30 heavy (non-hydrogen) atoms. The lowest BCUT2D eigenvalue weighted by atomic mass is 10.2. The van der Waals surface area contributed by atoms with Gasteiger partial charge < -0.3 is 10.1 Å². The van der Waals surface area contributed by atoms with Crippen LogP contribution < -0.4 is 20.9 Å². The van der Waals surface area contributed by atoms with Crippen LogP contribution in [-0.4, -0.2) is 23.8 Å². The van der Waals surface area contributed by atoms with Crippen molar-refractivity contribution in [2.24, 2.45) is 0 Å². The van der Waals surface area contributed by atoms with Crippen LogP contribution in [0.1, 0.15) is 31.7 Å². The minimum atomic E-state index is -0.762. The lowest BCUT2D eigenvalue weighted by molar-refractivity contribution is -0.133. The molecule has 0 fully saturated rings. The van der Waals surface area contributed by atoms with Gasteiger partial charge in [0.2, 0.25) is 11.8 Å². The number of aryl methyl sites for hydroxylation is 1. The molecular weight excluding hydrogens is 429 g/mol. The second-order valence-electron chi connectivity index (χ2n) is 6.54. The average molecular weight is 452 g/mol. The summed E-state index contributed by atoms with van der Waals surface area (Å²) in [5.41, 5.74) is 6.03. The van der Waals surface area contributed by atoms with Crippen LogP contribution in [0.3, 0.4) is 0 Å². The van der Waals surface area contributed by atoms with E-state index in [2.05, 4.69) is 16.2 Å². The number of rotatable bonds is 8. The summed E-state index contributed by atoms with van der Waals surface area (Å²) in [4.78, 5) is 36.2. The van der Waals surface area contributed by atoms with Gasteiger partial charge >= 0.3 is 0 Å². The third-order valence-electron chi connectivity index (χ3n) is 4.04. The molecule has 0 aliphatic carbocycles. The van der Waals surface area contributed by atoms with Crippen LogP contribution in [0.4, 0.5) is 5.69 Å². The molecular formula is C21H23Cl2N3O4. The van der Waals surface area contributed by atoms with E-state index >= 15 is 0 Å². The van der Waals surface area contributed by atoms with E-state index in [9.17, 15) is 14.4 Å². The molecule has 2 rings (SSSR count). The van der Waals surface area contributed by atoms with Gasteiger partial charge in [0.1, 0.15) is 5.75 Å². The van der Waals surface area contributed by atoms with Gasteiger partial charge in [0.25, 0.3) is 5.91 Å². The Balaban J connectivity index is 1.75. The summed E-state index contributed by atoms with van der Waals surface area (Å²) in [6.07, 6.45) is -0.549. The van der Waals surface area contributed by atoms with E-state index < -0.39 is 23.8 Å². The van der Waals surface area contributed by atoms with E-state index in [1.807, 2.05) is 25.1 Å². The summed E-state index contributed by atoms with van der Waals surface area (Å²) in [5, 5.41) is 3.35. The van der Waals surface area contributed by atoms with Crippen molar-refractivity contribution in [3.05, 3.63) is 58.1 Å². The fraction of sp³-hybridized carbons (Fsp3) is 0.286. The number of anilines is 1. The molecule has 3 N–H and O–H groups in total. The Morgan fingerprint density at radius 2 is 1.73 bits per heavy atom. The summed E-state index contributed by atoms with van der Waals surface area (Å²) in [6.45, 7) is 3.72. The Bertz CT molecular complexity index is 921. The number of hydrazine groups is 1. The summed E-state index contributed by atoms with van der Waals surface area (Å²) in [7, 11) is 0. The van der Waals surface area contributed by atoms with Crippen LogP contribution in [0, 0.1) is 6.92 Å². The standard InChI is InChI=1S/C21H23Cl2N3O4/c1-3-18(30-15-6-4-5-13(2)11-15)21(29)26-25-20(28)10-9-19(27)24-17-8-7-14(22)12-16(17)23/h4-8,11-12,18H,3,9-10H2,1-2H3,(H,24,27)(H,25,28)(H,26,29). The Kier molecular flexibility index (Phi) is 8.95. The number of hydrogen-bond donors (Lipinski definition) is 3. The van der Waals surface area contributed by atoms with Gasteiger partial charge in [-0.3, -0.25) is 25.2 Å². The van der Waals surface area contributed by atoms with Crippen molar-refractivity contribution in [2.45, 2.75) is 39.2 Å². The average Bonchev–Trinajstić information content (AvgIpc) is 2.70. The van der Waals surface area contributed by atoms with E-state index in [1.54, 1.807) is 25.1 Å². The molecule has 1 atom stereocenters. The van der Waals surface area contributed by atoms with Gasteiger partial charge in [0, 0.05) is 17.9 Å². The minimum Gasteiger partial charge on any atom is -0.481 e. The summed E-state index contributed by atoms with van der Waals surface area (Å²) < 4.78 is 5.67. The van der Waals surface area contributed by atoms with Gasteiger partial charge in [-0.2, -0.15) is 0 Å². The molecule has 7 nitrogen and oxygen atoms in total. The molecule has 2 aromatic rings. The first kappa shape index (κ1) is 23.5. The molecule has 0 radical (unpaired) electrons. The highest BCUT2D eigenvalue weighted by molar-refractivity contribution is 6.36.